The monoisotopic (exact) mass is 292 g/mol. The smallest absolute Gasteiger partial charge is 0.231 e. The fourth-order valence-corrected chi connectivity index (χ4v) is 2.58. The molecule has 1 fully saturated rings. The summed E-state index contributed by atoms with van der Waals surface area (Å²) in [7, 11) is 0. The van der Waals surface area contributed by atoms with Crippen molar-refractivity contribution >= 4 is 17.8 Å². The Hall–Kier alpha value is -1.59. The second-order valence-corrected chi connectivity index (χ2v) is 5.92. The minimum absolute atomic E-state index is 0.583. The van der Waals surface area contributed by atoms with Gasteiger partial charge in [0.15, 0.2) is 0 Å². The summed E-state index contributed by atoms with van der Waals surface area (Å²) in [5.74, 6) is 2.88. The van der Waals surface area contributed by atoms with E-state index in [1.807, 2.05) is 0 Å². The van der Waals surface area contributed by atoms with Gasteiger partial charge in [-0.05, 0) is 32.6 Å². The van der Waals surface area contributed by atoms with Crippen molar-refractivity contribution in [1.29, 1.82) is 0 Å². The van der Waals surface area contributed by atoms with Gasteiger partial charge >= 0.3 is 0 Å². The maximum Gasteiger partial charge on any atom is 0.231 e. The number of aromatic nitrogens is 3. The van der Waals surface area contributed by atoms with Gasteiger partial charge in [-0.25, -0.2) is 0 Å². The molecule has 0 spiro atoms. The van der Waals surface area contributed by atoms with Gasteiger partial charge in [0.1, 0.15) is 0 Å². The Morgan fingerprint density at radius 2 is 1.86 bits per heavy atom. The van der Waals surface area contributed by atoms with E-state index in [1.54, 1.807) is 0 Å². The first-order valence-electron chi connectivity index (χ1n) is 8.13. The third-order valence-corrected chi connectivity index (χ3v) is 3.59. The molecule has 0 atom stereocenters. The molecule has 21 heavy (non-hydrogen) atoms. The lowest BCUT2D eigenvalue weighted by Gasteiger charge is -2.25. The molecule has 118 valence electrons. The highest BCUT2D eigenvalue weighted by Gasteiger charge is 2.19. The second-order valence-electron chi connectivity index (χ2n) is 5.92. The second kappa shape index (κ2) is 7.43. The molecule has 1 aromatic rings. The molecule has 1 N–H and O–H groups in total. The maximum absolute atomic E-state index is 4.71. The van der Waals surface area contributed by atoms with Crippen LogP contribution in [0.25, 0.3) is 0 Å². The van der Waals surface area contributed by atoms with Crippen LogP contribution in [-0.4, -0.2) is 47.7 Å². The van der Waals surface area contributed by atoms with Gasteiger partial charge in [-0.1, -0.05) is 13.8 Å². The largest absolute Gasteiger partial charge is 0.354 e. The van der Waals surface area contributed by atoms with Crippen LogP contribution in [0.2, 0.25) is 0 Å². The van der Waals surface area contributed by atoms with Crippen LogP contribution in [0.5, 0.6) is 0 Å². The van der Waals surface area contributed by atoms with E-state index in [9.17, 15) is 0 Å². The van der Waals surface area contributed by atoms with Gasteiger partial charge in [-0.2, -0.15) is 15.0 Å². The van der Waals surface area contributed by atoms with Crippen LogP contribution in [0, 0.1) is 5.92 Å². The number of nitrogens with one attached hydrogen (secondary N) is 1. The maximum atomic E-state index is 4.71. The normalized spacial score (nSPS) is 14.8. The molecule has 1 aliphatic heterocycles. The molecule has 1 aliphatic rings. The van der Waals surface area contributed by atoms with Crippen molar-refractivity contribution in [3.63, 3.8) is 0 Å². The molecule has 0 radical (unpaired) electrons. The summed E-state index contributed by atoms with van der Waals surface area (Å²) in [6.07, 6.45) is 2.45. The molecule has 1 saturated heterocycles. The fourth-order valence-electron chi connectivity index (χ4n) is 2.58. The van der Waals surface area contributed by atoms with Crippen molar-refractivity contribution in [3.8, 4) is 0 Å². The van der Waals surface area contributed by atoms with Crippen molar-refractivity contribution < 1.29 is 0 Å². The van der Waals surface area contributed by atoms with Gasteiger partial charge in [-0.3, -0.25) is 0 Å². The summed E-state index contributed by atoms with van der Waals surface area (Å²) < 4.78 is 0. The minimum atomic E-state index is 0.583. The Bertz CT molecular complexity index is 442. The van der Waals surface area contributed by atoms with Crippen molar-refractivity contribution in [2.45, 2.75) is 40.5 Å². The highest BCUT2D eigenvalue weighted by molar-refractivity contribution is 5.45. The quantitative estimate of drug-likeness (QED) is 0.833. The van der Waals surface area contributed by atoms with Crippen LogP contribution < -0.4 is 15.1 Å². The van der Waals surface area contributed by atoms with Crippen LogP contribution in [0.4, 0.5) is 17.8 Å². The van der Waals surface area contributed by atoms with Crippen LogP contribution in [0.1, 0.15) is 40.5 Å². The zero-order chi connectivity index (χ0) is 15.2. The number of anilines is 3. The zero-order valence-electron chi connectivity index (χ0n) is 13.8. The van der Waals surface area contributed by atoms with Crippen molar-refractivity contribution in [2.24, 2.45) is 5.92 Å². The van der Waals surface area contributed by atoms with E-state index in [-0.39, 0.29) is 0 Å². The standard InChI is InChI=1S/C15H28N6/c1-5-16-13-17-14(20(6-2)11-12(3)4)19-15(18-13)21-9-7-8-10-21/h12H,5-11H2,1-4H3,(H,16,17,18,19). The van der Waals surface area contributed by atoms with Crippen molar-refractivity contribution in [2.75, 3.05) is 47.8 Å². The molecule has 0 bridgehead atoms. The summed E-state index contributed by atoms with van der Waals surface area (Å²) in [6.45, 7) is 13.4. The molecule has 0 amide bonds. The molecule has 0 aliphatic carbocycles. The average molecular weight is 292 g/mol. The third-order valence-electron chi connectivity index (χ3n) is 3.59. The number of hydrogen-bond donors (Lipinski definition) is 1. The van der Waals surface area contributed by atoms with Crippen LogP contribution in [0.3, 0.4) is 0 Å². The van der Waals surface area contributed by atoms with Crippen LogP contribution >= 0.6 is 0 Å². The first-order chi connectivity index (χ1) is 10.1. The molecule has 2 heterocycles. The third kappa shape index (κ3) is 4.19. The number of hydrogen-bond acceptors (Lipinski definition) is 6. The highest BCUT2D eigenvalue weighted by atomic mass is 15.4. The van der Waals surface area contributed by atoms with E-state index in [2.05, 4.69) is 52.8 Å². The summed E-state index contributed by atoms with van der Waals surface area (Å²) in [4.78, 5) is 18.4. The van der Waals surface area contributed by atoms with E-state index >= 15 is 0 Å². The molecule has 6 nitrogen and oxygen atoms in total. The van der Waals surface area contributed by atoms with Crippen LogP contribution in [0.15, 0.2) is 0 Å². The fraction of sp³-hybridized carbons (Fsp3) is 0.800. The summed E-state index contributed by atoms with van der Waals surface area (Å²) in [5, 5.41) is 3.23. The van der Waals surface area contributed by atoms with Crippen LogP contribution in [-0.2, 0) is 0 Å². The van der Waals surface area contributed by atoms with Gasteiger partial charge in [-0.15, -0.1) is 0 Å². The minimum Gasteiger partial charge on any atom is -0.354 e. The highest BCUT2D eigenvalue weighted by Crippen LogP contribution is 2.20. The SMILES string of the molecule is CCNc1nc(N2CCCC2)nc(N(CC)CC(C)C)n1. The predicted octanol–water partition coefficient (Wildman–Crippen LogP) is 2.39. The first kappa shape index (κ1) is 15.8. The van der Waals surface area contributed by atoms with E-state index in [0.717, 1.165) is 44.6 Å². The molecular weight excluding hydrogens is 264 g/mol. The van der Waals surface area contributed by atoms with Gasteiger partial charge in [0.05, 0.1) is 0 Å². The van der Waals surface area contributed by atoms with Gasteiger partial charge in [0.2, 0.25) is 17.8 Å². The summed E-state index contributed by atoms with van der Waals surface area (Å²) in [5.41, 5.74) is 0. The molecule has 0 unspecified atom stereocenters. The Labute approximate surface area is 128 Å². The van der Waals surface area contributed by atoms with Crippen molar-refractivity contribution in [3.05, 3.63) is 0 Å². The molecule has 1 aromatic heterocycles. The Balaban J connectivity index is 2.29. The first-order valence-corrected chi connectivity index (χ1v) is 8.13. The van der Waals surface area contributed by atoms with Gasteiger partial charge < -0.3 is 15.1 Å². The summed E-state index contributed by atoms with van der Waals surface area (Å²) in [6, 6.07) is 0. The van der Waals surface area contributed by atoms with E-state index < -0.39 is 0 Å². The molecular formula is C15H28N6. The zero-order valence-corrected chi connectivity index (χ0v) is 13.8. The molecule has 0 aromatic carbocycles. The van der Waals surface area contributed by atoms with E-state index in [4.69, 9.17) is 4.98 Å². The Morgan fingerprint density at radius 1 is 1.14 bits per heavy atom. The number of nitrogens with zero attached hydrogens (tertiary/aromatic N) is 5. The lowest BCUT2D eigenvalue weighted by Crippen LogP contribution is -2.31. The Morgan fingerprint density at radius 3 is 2.43 bits per heavy atom. The average Bonchev–Trinajstić information content (AvgIpc) is 2.98. The van der Waals surface area contributed by atoms with Gasteiger partial charge in [0, 0.05) is 32.7 Å². The lowest BCUT2D eigenvalue weighted by molar-refractivity contribution is 0.608. The van der Waals surface area contributed by atoms with Crippen molar-refractivity contribution in [1.82, 2.24) is 15.0 Å². The number of rotatable bonds is 7. The lowest BCUT2D eigenvalue weighted by atomic mass is 10.2. The van der Waals surface area contributed by atoms with E-state index in [0.29, 0.717) is 11.9 Å². The predicted molar refractivity (Wildman–Crippen MR) is 88.2 cm³/mol. The topological polar surface area (TPSA) is 57.2 Å². The molecule has 2 rings (SSSR count). The van der Waals surface area contributed by atoms with Gasteiger partial charge in [0.25, 0.3) is 0 Å². The summed E-state index contributed by atoms with van der Waals surface area (Å²) >= 11 is 0. The molecule has 0 saturated carbocycles. The molecule has 6 heteroatoms. The van der Waals surface area contributed by atoms with E-state index in [1.165, 1.54) is 12.8 Å². The Kier molecular flexibility index (Phi) is 5.59.